The first kappa shape index (κ1) is 18.9. The van der Waals surface area contributed by atoms with E-state index < -0.39 is 0 Å². The molecule has 0 amide bonds. The first-order chi connectivity index (χ1) is 11.6. The number of alkyl halides is 1. The molecule has 0 aromatic heterocycles. The summed E-state index contributed by atoms with van der Waals surface area (Å²) in [5.41, 5.74) is 0.306. The normalized spacial score (nSPS) is 44.8. The van der Waals surface area contributed by atoms with Crippen LogP contribution >= 0.6 is 15.9 Å². The third-order valence-corrected chi connectivity index (χ3v) is 8.87. The molecule has 3 rings (SSSR count). The van der Waals surface area contributed by atoms with Crippen molar-refractivity contribution in [3.8, 4) is 0 Å². The van der Waals surface area contributed by atoms with Gasteiger partial charge in [0.1, 0.15) is 5.78 Å². The van der Waals surface area contributed by atoms with E-state index in [2.05, 4.69) is 36.7 Å². The van der Waals surface area contributed by atoms with Gasteiger partial charge in [0.15, 0.2) is 0 Å². The zero-order chi connectivity index (χ0) is 17.3. The molecular formula is C22H37BrO. The van der Waals surface area contributed by atoms with Crippen molar-refractivity contribution in [2.24, 2.45) is 40.9 Å². The van der Waals surface area contributed by atoms with Gasteiger partial charge < -0.3 is 0 Å². The first-order valence-electron chi connectivity index (χ1n) is 10.6. The Morgan fingerprint density at radius 2 is 1.75 bits per heavy atom. The van der Waals surface area contributed by atoms with Crippen LogP contribution in [0, 0.1) is 40.9 Å². The number of halogens is 1. The number of fused-ring (bicyclic) bond motifs is 3. The van der Waals surface area contributed by atoms with Crippen LogP contribution in [0.1, 0.15) is 85.0 Å². The lowest BCUT2D eigenvalue weighted by Crippen LogP contribution is -2.48. The summed E-state index contributed by atoms with van der Waals surface area (Å²) >= 11 is 3.44. The van der Waals surface area contributed by atoms with E-state index in [1.165, 1.54) is 57.8 Å². The van der Waals surface area contributed by atoms with Gasteiger partial charge in [-0.1, -0.05) is 62.4 Å². The minimum absolute atomic E-state index is 0.306. The van der Waals surface area contributed by atoms with Crippen LogP contribution in [0.15, 0.2) is 0 Å². The molecule has 0 radical (unpaired) electrons. The highest BCUT2D eigenvalue weighted by atomic mass is 79.9. The highest BCUT2D eigenvalue weighted by Crippen LogP contribution is 2.63. The fraction of sp³-hybridized carbons (Fsp3) is 0.955. The van der Waals surface area contributed by atoms with Gasteiger partial charge in [0.2, 0.25) is 0 Å². The summed E-state index contributed by atoms with van der Waals surface area (Å²) in [5, 5.41) is 0.561. The van der Waals surface area contributed by atoms with E-state index in [1.54, 1.807) is 0 Å². The van der Waals surface area contributed by atoms with Gasteiger partial charge in [-0.25, -0.2) is 0 Å². The maximum absolute atomic E-state index is 12.5. The van der Waals surface area contributed by atoms with E-state index in [-0.39, 0.29) is 0 Å². The van der Waals surface area contributed by atoms with Crippen molar-refractivity contribution < 1.29 is 4.79 Å². The predicted molar refractivity (Wildman–Crippen MR) is 105 cm³/mol. The van der Waals surface area contributed by atoms with Crippen LogP contribution in [0.3, 0.4) is 0 Å². The standard InChI is InChI=1S/C22H37BrO/c1-4-6-15-8-9-18-17(16(15)7-5-2)12-13-22(3)19(18)10-11-20(22)21(24)14-23/h15-20H,4-14H2,1-3H3. The van der Waals surface area contributed by atoms with Gasteiger partial charge in [0, 0.05) is 5.92 Å². The Hall–Kier alpha value is 0.150. The molecule has 7 unspecified atom stereocenters. The molecule has 0 aromatic carbocycles. The maximum Gasteiger partial charge on any atom is 0.147 e. The summed E-state index contributed by atoms with van der Waals surface area (Å²) in [6.45, 7) is 7.21. The molecule has 0 saturated heterocycles. The van der Waals surface area contributed by atoms with Crippen molar-refractivity contribution in [2.45, 2.75) is 85.0 Å². The van der Waals surface area contributed by atoms with Crippen LogP contribution in [-0.2, 0) is 4.79 Å². The minimum atomic E-state index is 0.306. The second-order valence-electron chi connectivity index (χ2n) is 9.29. The second kappa shape index (κ2) is 7.80. The molecule has 0 aromatic rings. The third-order valence-electron chi connectivity index (χ3n) is 8.32. The molecule has 0 aliphatic heterocycles. The lowest BCUT2D eigenvalue weighted by Gasteiger charge is -2.54. The van der Waals surface area contributed by atoms with E-state index in [9.17, 15) is 4.79 Å². The number of ketones is 1. The third kappa shape index (κ3) is 3.14. The Morgan fingerprint density at radius 3 is 2.42 bits per heavy atom. The SMILES string of the molecule is CCCC1CCC2C(CCC3(C)C(C(=O)CBr)CCC23)C1CCC. The molecule has 24 heavy (non-hydrogen) atoms. The Labute approximate surface area is 157 Å². The van der Waals surface area contributed by atoms with Gasteiger partial charge in [-0.05, 0) is 73.5 Å². The van der Waals surface area contributed by atoms with Crippen molar-refractivity contribution >= 4 is 21.7 Å². The van der Waals surface area contributed by atoms with Gasteiger partial charge >= 0.3 is 0 Å². The van der Waals surface area contributed by atoms with Crippen molar-refractivity contribution in [1.29, 1.82) is 0 Å². The van der Waals surface area contributed by atoms with E-state index in [0.717, 1.165) is 36.0 Å². The number of rotatable bonds is 6. The number of Topliss-reactive ketones (excluding diaryl/α,β-unsaturated/α-hetero) is 1. The summed E-state index contributed by atoms with van der Waals surface area (Å²) in [6, 6.07) is 0. The number of hydrogen-bond donors (Lipinski definition) is 0. The average molecular weight is 397 g/mol. The molecule has 0 bridgehead atoms. The zero-order valence-electron chi connectivity index (χ0n) is 16.0. The van der Waals surface area contributed by atoms with Crippen molar-refractivity contribution in [3.63, 3.8) is 0 Å². The molecule has 0 spiro atoms. The molecule has 3 aliphatic carbocycles. The average Bonchev–Trinajstić information content (AvgIpc) is 2.93. The highest BCUT2D eigenvalue weighted by Gasteiger charge is 2.57. The fourth-order valence-corrected chi connectivity index (χ4v) is 7.76. The largest absolute Gasteiger partial charge is 0.298 e. The quantitative estimate of drug-likeness (QED) is 0.460. The first-order valence-corrected chi connectivity index (χ1v) is 11.8. The van der Waals surface area contributed by atoms with Gasteiger partial charge in [0.05, 0.1) is 5.33 Å². The minimum Gasteiger partial charge on any atom is -0.298 e. The lowest BCUT2D eigenvalue weighted by atomic mass is 9.50. The van der Waals surface area contributed by atoms with Crippen LogP contribution in [0.25, 0.3) is 0 Å². The van der Waals surface area contributed by atoms with Gasteiger partial charge in [-0.3, -0.25) is 4.79 Å². The molecule has 0 heterocycles. The summed E-state index contributed by atoms with van der Waals surface area (Å²) in [5.74, 6) is 5.48. The molecule has 138 valence electrons. The van der Waals surface area contributed by atoms with E-state index in [1.807, 2.05) is 0 Å². The number of carbonyl (C=O) groups excluding carboxylic acids is 1. The van der Waals surface area contributed by atoms with Crippen LogP contribution < -0.4 is 0 Å². The Balaban J connectivity index is 1.80. The second-order valence-corrected chi connectivity index (χ2v) is 9.85. The summed E-state index contributed by atoms with van der Waals surface area (Å²) in [7, 11) is 0. The predicted octanol–water partition coefficient (Wildman–Crippen LogP) is 6.64. The van der Waals surface area contributed by atoms with Crippen molar-refractivity contribution in [3.05, 3.63) is 0 Å². The smallest absolute Gasteiger partial charge is 0.147 e. The monoisotopic (exact) mass is 396 g/mol. The zero-order valence-corrected chi connectivity index (χ0v) is 17.6. The summed E-state index contributed by atoms with van der Waals surface area (Å²) in [6.07, 6.45) is 13.7. The fourth-order valence-electron chi connectivity index (χ4n) is 7.37. The van der Waals surface area contributed by atoms with Crippen LogP contribution in [0.4, 0.5) is 0 Å². The van der Waals surface area contributed by atoms with E-state index in [4.69, 9.17) is 0 Å². The Kier molecular flexibility index (Phi) is 6.15. The van der Waals surface area contributed by atoms with Crippen LogP contribution in [0.5, 0.6) is 0 Å². The molecule has 0 N–H and O–H groups in total. The molecule has 3 aliphatic rings. The summed E-state index contributed by atoms with van der Waals surface area (Å²) < 4.78 is 0. The van der Waals surface area contributed by atoms with Gasteiger partial charge in [-0.2, -0.15) is 0 Å². The van der Waals surface area contributed by atoms with Gasteiger partial charge in [0.25, 0.3) is 0 Å². The van der Waals surface area contributed by atoms with Gasteiger partial charge in [-0.15, -0.1) is 0 Å². The van der Waals surface area contributed by atoms with Crippen LogP contribution in [-0.4, -0.2) is 11.1 Å². The highest BCUT2D eigenvalue weighted by molar-refractivity contribution is 9.09. The van der Waals surface area contributed by atoms with Crippen LogP contribution in [0.2, 0.25) is 0 Å². The number of hydrogen-bond acceptors (Lipinski definition) is 1. The Bertz CT molecular complexity index is 447. The molecule has 2 heteroatoms. The van der Waals surface area contributed by atoms with E-state index >= 15 is 0 Å². The van der Waals surface area contributed by atoms with E-state index in [0.29, 0.717) is 22.4 Å². The Morgan fingerprint density at radius 1 is 1.00 bits per heavy atom. The summed E-state index contributed by atoms with van der Waals surface area (Å²) in [4.78, 5) is 12.5. The molecular weight excluding hydrogens is 360 g/mol. The molecule has 7 atom stereocenters. The molecule has 3 saturated carbocycles. The molecule has 1 nitrogen and oxygen atoms in total. The number of carbonyl (C=O) groups is 1. The topological polar surface area (TPSA) is 17.1 Å². The maximum atomic E-state index is 12.5. The van der Waals surface area contributed by atoms with Crippen molar-refractivity contribution in [2.75, 3.05) is 5.33 Å². The van der Waals surface area contributed by atoms with Crippen molar-refractivity contribution in [1.82, 2.24) is 0 Å². The lowest BCUT2D eigenvalue weighted by molar-refractivity contribution is -0.127. The molecule has 3 fully saturated rings.